The maximum absolute atomic E-state index is 13.3. The molecule has 28 heavy (non-hydrogen) atoms. The van der Waals surface area contributed by atoms with Gasteiger partial charge in [0.15, 0.2) is 0 Å². The SMILES string of the molecule is C#CCN1C[C@H](C(=O)N2CCOCC2)C=C2c3cccc4[nH]cc(c34)CC21C. The summed E-state index contributed by atoms with van der Waals surface area (Å²) in [6, 6.07) is 6.38. The van der Waals surface area contributed by atoms with E-state index in [0.717, 1.165) is 11.9 Å². The van der Waals surface area contributed by atoms with Crippen molar-refractivity contribution in [2.24, 2.45) is 5.92 Å². The van der Waals surface area contributed by atoms with Gasteiger partial charge in [-0.1, -0.05) is 24.1 Å². The maximum Gasteiger partial charge on any atom is 0.230 e. The van der Waals surface area contributed by atoms with Gasteiger partial charge in [0.05, 0.1) is 25.7 Å². The van der Waals surface area contributed by atoms with Crippen LogP contribution in [0, 0.1) is 18.3 Å². The van der Waals surface area contributed by atoms with Crippen molar-refractivity contribution in [1.82, 2.24) is 14.8 Å². The third kappa shape index (κ3) is 2.52. The van der Waals surface area contributed by atoms with E-state index in [2.05, 4.69) is 53.2 Å². The molecule has 2 aromatic rings. The van der Waals surface area contributed by atoms with Crippen molar-refractivity contribution in [3.05, 3.63) is 41.6 Å². The van der Waals surface area contributed by atoms with E-state index < -0.39 is 0 Å². The van der Waals surface area contributed by atoms with Crippen LogP contribution in [0.1, 0.15) is 18.1 Å². The number of carbonyl (C=O) groups is 1. The van der Waals surface area contributed by atoms with Crippen molar-refractivity contribution in [3.63, 3.8) is 0 Å². The Balaban J connectivity index is 1.62. The summed E-state index contributed by atoms with van der Waals surface area (Å²) in [6.07, 6.45) is 11.0. The zero-order chi connectivity index (χ0) is 19.3. The van der Waals surface area contributed by atoms with Gasteiger partial charge >= 0.3 is 0 Å². The van der Waals surface area contributed by atoms with E-state index in [9.17, 15) is 4.79 Å². The molecule has 1 N–H and O–H groups in total. The van der Waals surface area contributed by atoms with Crippen LogP contribution in [0.25, 0.3) is 16.5 Å². The number of rotatable bonds is 2. The fourth-order valence-electron chi connectivity index (χ4n) is 5.14. The highest BCUT2D eigenvalue weighted by atomic mass is 16.5. The number of aromatic nitrogens is 1. The molecule has 5 nitrogen and oxygen atoms in total. The number of ether oxygens (including phenoxy) is 1. The monoisotopic (exact) mass is 375 g/mol. The van der Waals surface area contributed by atoms with Gasteiger partial charge in [-0.2, -0.15) is 0 Å². The van der Waals surface area contributed by atoms with Gasteiger partial charge in [0.1, 0.15) is 0 Å². The van der Waals surface area contributed by atoms with Crippen LogP contribution in [0.4, 0.5) is 0 Å². The van der Waals surface area contributed by atoms with Gasteiger partial charge < -0.3 is 14.6 Å². The minimum absolute atomic E-state index is 0.176. The first-order valence-electron chi connectivity index (χ1n) is 9.98. The number of H-pyrrole nitrogens is 1. The fraction of sp³-hybridized carbons (Fsp3) is 0.435. The van der Waals surface area contributed by atoms with Crippen molar-refractivity contribution in [1.29, 1.82) is 0 Å². The zero-order valence-corrected chi connectivity index (χ0v) is 16.2. The Labute approximate surface area is 165 Å². The number of fused-ring (bicyclic) bond motifs is 2. The highest BCUT2D eigenvalue weighted by Gasteiger charge is 2.45. The van der Waals surface area contributed by atoms with Crippen molar-refractivity contribution in [2.75, 3.05) is 39.4 Å². The second-order valence-corrected chi connectivity index (χ2v) is 8.20. The van der Waals surface area contributed by atoms with Gasteiger partial charge in [-0.15, -0.1) is 6.42 Å². The zero-order valence-electron chi connectivity index (χ0n) is 16.2. The molecule has 1 amide bonds. The predicted octanol–water partition coefficient (Wildman–Crippen LogP) is 2.29. The molecule has 0 bridgehead atoms. The van der Waals surface area contributed by atoms with Gasteiger partial charge in [-0.3, -0.25) is 9.69 Å². The van der Waals surface area contributed by atoms with Crippen LogP contribution in [0.5, 0.6) is 0 Å². The molecule has 5 heteroatoms. The highest BCUT2D eigenvalue weighted by Crippen LogP contribution is 2.47. The maximum atomic E-state index is 13.3. The van der Waals surface area contributed by atoms with Crippen molar-refractivity contribution < 1.29 is 9.53 Å². The number of morpholine rings is 1. The van der Waals surface area contributed by atoms with Crippen LogP contribution in [0.15, 0.2) is 30.5 Å². The number of nitrogens with one attached hydrogen (secondary N) is 1. The number of hydrogen-bond donors (Lipinski definition) is 1. The number of nitrogens with zero attached hydrogens (tertiary/aromatic N) is 2. The molecule has 0 saturated carbocycles. The molecule has 1 unspecified atom stereocenters. The molecule has 2 aliphatic heterocycles. The molecule has 1 aliphatic carbocycles. The number of hydrogen-bond acceptors (Lipinski definition) is 3. The second-order valence-electron chi connectivity index (χ2n) is 8.20. The smallest absolute Gasteiger partial charge is 0.230 e. The van der Waals surface area contributed by atoms with Gasteiger partial charge in [-0.05, 0) is 36.1 Å². The van der Waals surface area contributed by atoms with E-state index in [1.165, 1.54) is 22.1 Å². The minimum Gasteiger partial charge on any atom is -0.378 e. The van der Waals surface area contributed by atoms with E-state index >= 15 is 0 Å². The lowest BCUT2D eigenvalue weighted by Gasteiger charge is -2.49. The molecule has 3 heterocycles. The van der Waals surface area contributed by atoms with Crippen molar-refractivity contribution in [3.8, 4) is 12.3 Å². The van der Waals surface area contributed by atoms with Gasteiger partial charge in [0.2, 0.25) is 5.91 Å². The molecule has 1 aromatic heterocycles. The lowest BCUT2D eigenvalue weighted by atomic mass is 9.71. The second kappa shape index (κ2) is 6.51. The lowest BCUT2D eigenvalue weighted by Crippen LogP contribution is -2.57. The van der Waals surface area contributed by atoms with Crippen molar-refractivity contribution >= 4 is 22.4 Å². The molecule has 144 valence electrons. The van der Waals surface area contributed by atoms with Crippen LogP contribution in [-0.2, 0) is 16.0 Å². The van der Waals surface area contributed by atoms with Crippen LogP contribution >= 0.6 is 0 Å². The Morgan fingerprint density at radius 2 is 2.21 bits per heavy atom. The summed E-state index contributed by atoms with van der Waals surface area (Å²) in [5.41, 5.74) is 4.74. The Bertz CT molecular complexity index is 1010. The molecule has 1 saturated heterocycles. The van der Waals surface area contributed by atoms with Crippen LogP contribution < -0.4 is 0 Å². The summed E-state index contributed by atoms with van der Waals surface area (Å²) in [5, 5.41) is 1.28. The normalized spacial score (nSPS) is 27.2. The van der Waals surface area contributed by atoms with Gasteiger partial charge in [0.25, 0.3) is 0 Å². The summed E-state index contributed by atoms with van der Waals surface area (Å²) >= 11 is 0. The van der Waals surface area contributed by atoms with Crippen molar-refractivity contribution in [2.45, 2.75) is 18.9 Å². The first-order chi connectivity index (χ1) is 13.6. The average molecular weight is 375 g/mol. The number of carbonyl (C=O) groups excluding carboxylic acids is 1. The number of benzene rings is 1. The van der Waals surface area contributed by atoms with E-state index in [0.29, 0.717) is 39.4 Å². The molecule has 1 aromatic carbocycles. The molecule has 5 rings (SSSR count). The highest BCUT2D eigenvalue weighted by molar-refractivity contribution is 6.00. The van der Waals surface area contributed by atoms with Crippen LogP contribution in [0.2, 0.25) is 0 Å². The molecular weight excluding hydrogens is 350 g/mol. The Morgan fingerprint density at radius 3 is 3.00 bits per heavy atom. The largest absolute Gasteiger partial charge is 0.378 e. The predicted molar refractivity (Wildman–Crippen MR) is 110 cm³/mol. The average Bonchev–Trinajstić information content (AvgIpc) is 3.13. The van der Waals surface area contributed by atoms with Crippen LogP contribution in [0.3, 0.4) is 0 Å². The fourth-order valence-corrected chi connectivity index (χ4v) is 5.14. The molecule has 1 fully saturated rings. The standard InChI is InChI=1S/C23H25N3O2/c1-3-7-26-15-16(22(27)25-8-10-28-11-9-25)12-19-18-5-4-6-20-21(18)17(14-24-20)13-23(19,26)2/h1,4-6,12,14,16,24H,7-11,13,15H2,2H3/t16-,23?/m1/s1. The Morgan fingerprint density at radius 1 is 1.39 bits per heavy atom. The molecule has 3 aliphatic rings. The Kier molecular flexibility index (Phi) is 4.08. The lowest BCUT2D eigenvalue weighted by molar-refractivity contribution is -0.139. The molecule has 0 spiro atoms. The first kappa shape index (κ1) is 17.5. The molecule has 2 atom stereocenters. The number of terminal acetylenes is 1. The third-order valence-electron chi connectivity index (χ3n) is 6.60. The number of amides is 1. The Hall–Kier alpha value is -2.55. The molecule has 0 radical (unpaired) electrons. The van der Waals surface area contributed by atoms with E-state index in [4.69, 9.17) is 11.2 Å². The quantitative estimate of drug-likeness (QED) is 0.820. The summed E-state index contributed by atoms with van der Waals surface area (Å²) in [6.45, 7) is 6.04. The summed E-state index contributed by atoms with van der Waals surface area (Å²) in [5.74, 6) is 2.83. The van der Waals surface area contributed by atoms with Gasteiger partial charge in [-0.25, -0.2) is 0 Å². The minimum atomic E-state index is -0.197. The summed E-state index contributed by atoms with van der Waals surface area (Å²) in [4.78, 5) is 20.9. The van der Waals surface area contributed by atoms with Gasteiger partial charge in [0, 0.05) is 42.3 Å². The topological polar surface area (TPSA) is 48.6 Å². The summed E-state index contributed by atoms with van der Waals surface area (Å²) in [7, 11) is 0. The summed E-state index contributed by atoms with van der Waals surface area (Å²) < 4.78 is 5.42. The van der Waals surface area contributed by atoms with E-state index in [-0.39, 0.29) is 17.4 Å². The van der Waals surface area contributed by atoms with Crippen LogP contribution in [-0.4, -0.2) is 65.6 Å². The molecular formula is C23H25N3O2. The number of aromatic amines is 1. The first-order valence-corrected chi connectivity index (χ1v) is 9.98. The van der Waals surface area contributed by atoms with E-state index in [1.807, 2.05) is 4.90 Å². The van der Waals surface area contributed by atoms with E-state index in [1.54, 1.807) is 0 Å². The third-order valence-corrected chi connectivity index (χ3v) is 6.60.